The first-order chi connectivity index (χ1) is 8.91. The zero-order chi connectivity index (χ0) is 13.3. The SMILES string of the molecule is CCCCCCCCCCCCC=C/C=C\C=O. The molecule has 0 aromatic heterocycles. The third kappa shape index (κ3) is 15.1. The predicted octanol–water partition coefficient (Wildman–Crippen LogP) is 5.61. The van der Waals surface area contributed by atoms with E-state index >= 15 is 0 Å². The number of hydrogen-bond acceptors (Lipinski definition) is 1. The average Bonchev–Trinajstić information content (AvgIpc) is 2.39. The second kappa shape index (κ2) is 16.1. The molecule has 0 aromatic rings. The summed E-state index contributed by atoms with van der Waals surface area (Å²) in [6, 6.07) is 0. The van der Waals surface area contributed by atoms with Gasteiger partial charge in [-0.2, -0.15) is 0 Å². The van der Waals surface area contributed by atoms with E-state index in [2.05, 4.69) is 13.0 Å². The lowest BCUT2D eigenvalue weighted by atomic mass is 10.1. The van der Waals surface area contributed by atoms with Crippen LogP contribution >= 0.6 is 0 Å². The van der Waals surface area contributed by atoms with Crippen molar-refractivity contribution in [2.24, 2.45) is 0 Å². The zero-order valence-electron chi connectivity index (χ0n) is 12.1. The van der Waals surface area contributed by atoms with Crippen LogP contribution < -0.4 is 0 Å². The molecule has 1 nitrogen and oxygen atoms in total. The van der Waals surface area contributed by atoms with E-state index in [9.17, 15) is 4.79 Å². The average molecular weight is 250 g/mol. The van der Waals surface area contributed by atoms with Crippen molar-refractivity contribution in [3.8, 4) is 0 Å². The van der Waals surface area contributed by atoms with Crippen molar-refractivity contribution in [2.75, 3.05) is 0 Å². The Morgan fingerprint density at radius 2 is 1.22 bits per heavy atom. The van der Waals surface area contributed by atoms with E-state index in [0.29, 0.717) is 0 Å². The van der Waals surface area contributed by atoms with E-state index in [1.165, 1.54) is 70.3 Å². The quantitative estimate of drug-likeness (QED) is 0.180. The first kappa shape index (κ1) is 17.2. The fourth-order valence-corrected chi connectivity index (χ4v) is 2.03. The monoisotopic (exact) mass is 250 g/mol. The highest BCUT2D eigenvalue weighted by molar-refractivity contribution is 5.65. The molecule has 0 amide bonds. The lowest BCUT2D eigenvalue weighted by molar-refractivity contribution is -0.104. The number of carbonyl (C=O) groups excluding carboxylic acids is 1. The van der Waals surface area contributed by atoms with Crippen LogP contribution in [-0.4, -0.2) is 6.29 Å². The van der Waals surface area contributed by atoms with Crippen LogP contribution in [0.25, 0.3) is 0 Å². The van der Waals surface area contributed by atoms with E-state index in [1.54, 1.807) is 6.08 Å². The van der Waals surface area contributed by atoms with Crippen molar-refractivity contribution >= 4 is 6.29 Å². The molecule has 0 heterocycles. The summed E-state index contributed by atoms with van der Waals surface area (Å²) < 4.78 is 0. The third-order valence-corrected chi connectivity index (χ3v) is 3.16. The Morgan fingerprint density at radius 1 is 0.667 bits per heavy atom. The fourth-order valence-electron chi connectivity index (χ4n) is 2.03. The molecular weight excluding hydrogens is 220 g/mol. The van der Waals surface area contributed by atoms with Crippen LogP contribution in [0.5, 0.6) is 0 Å². The molecule has 0 N–H and O–H groups in total. The largest absolute Gasteiger partial charge is 0.299 e. The Kier molecular flexibility index (Phi) is 15.4. The summed E-state index contributed by atoms with van der Waals surface area (Å²) in [5.74, 6) is 0. The van der Waals surface area contributed by atoms with Gasteiger partial charge < -0.3 is 0 Å². The minimum atomic E-state index is 0.810. The van der Waals surface area contributed by atoms with Crippen molar-refractivity contribution in [1.29, 1.82) is 0 Å². The van der Waals surface area contributed by atoms with Crippen LogP contribution in [0.2, 0.25) is 0 Å². The lowest BCUT2D eigenvalue weighted by Gasteiger charge is -2.01. The number of carbonyl (C=O) groups is 1. The van der Waals surface area contributed by atoms with E-state index in [-0.39, 0.29) is 0 Å². The molecule has 0 aromatic carbocycles. The summed E-state index contributed by atoms with van der Waals surface area (Å²) in [6.07, 6.45) is 23.2. The van der Waals surface area contributed by atoms with Gasteiger partial charge >= 0.3 is 0 Å². The molecule has 0 unspecified atom stereocenters. The summed E-state index contributed by atoms with van der Waals surface area (Å²) in [5, 5.41) is 0. The molecule has 0 bridgehead atoms. The van der Waals surface area contributed by atoms with E-state index < -0.39 is 0 Å². The first-order valence-electron chi connectivity index (χ1n) is 7.68. The summed E-state index contributed by atoms with van der Waals surface area (Å²) in [4.78, 5) is 10.0. The molecule has 18 heavy (non-hydrogen) atoms. The number of allylic oxidation sites excluding steroid dienone is 4. The Labute approximate surface area is 113 Å². The van der Waals surface area contributed by atoms with Gasteiger partial charge in [0, 0.05) is 0 Å². The van der Waals surface area contributed by atoms with Crippen LogP contribution in [0.15, 0.2) is 24.3 Å². The highest BCUT2D eigenvalue weighted by Crippen LogP contribution is 2.11. The Bertz CT molecular complexity index is 216. The van der Waals surface area contributed by atoms with E-state index in [4.69, 9.17) is 0 Å². The maximum Gasteiger partial charge on any atom is 0.142 e. The van der Waals surface area contributed by atoms with Crippen molar-refractivity contribution in [3.05, 3.63) is 24.3 Å². The zero-order valence-corrected chi connectivity index (χ0v) is 12.1. The van der Waals surface area contributed by atoms with Crippen LogP contribution in [0.3, 0.4) is 0 Å². The predicted molar refractivity (Wildman–Crippen MR) is 80.8 cm³/mol. The van der Waals surface area contributed by atoms with Crippen molar-refractivity contribution in [2.45, 2.75) is 77.6 Å². The van der Waals surface area contributed by atoms with Crippen LogP contribution in [0.1, 0.15) is 77.6 Å². The molecule has 0 rings (SSSR count). The van der Waals surface area contributed by atoms with Gasteiger partial charge in [-0.05, 0) is 18.9 Å². The highest BCUT2D eigenvalue weighted by Gasteiger charge is 1.91. The first-order valence-corrected chi connectivity index (χ1v) is 7.68. The minimum Gasteiger partial charge on any atom is -0.299 e. The summed E-state index contributed by atoms with van der Waals surface area (Å²) >= 11 is 0. The number of aldehydes is 1. The molecule has 0 spiro atoms. The minimum absolute atomic E-state index is 0.810. The molecule has 0 saturated carbocycles. The number of hydrogen-bond donors (Lipinski definition) is 0. The Hall–Kier alpha value is -0.850. The van der Waals surface area contributed by atoms with Gasteiger partial charge in [0.2, 0.25) is 0 Å². The number of unbranched alkanes of at least 4 members (excludes halogenated alkanes) is 10. The molecule has 0 aliphatic rings. The lowest BCUT2D eigenvalue weighted by Crippen LogP contribution is -1.81. The summed E-state index contributed by atoms with van der Waals surface area (Å²) in [7, 11) is 0. The normalized spacial score (nSPS) is 11.6. The molecule has 0 atom stereocenters. The molecule has 1 heteroatoms. The maximum atomic E-state index is 10.0. The highest BCUT2D eigenvalue weighted by atomic mass is 16.1. The van der Waals surface area contributed by atoms with Gasteiger partial charge in [0.05, 0.1) is 0 Å². The molecule has 0 aliphatic carbocycles. The molecule has 0 saturated heterocycles. The maximum absolute atomic E-state index is 10.0. The Balaban J connectivity index is 3.05. The molecule has 104 valence electrons. The third-order valence-electron chi connectivity index (χ3n) is 3.16. The van der Waals surface area contributed by atoms with Crippen LogP contribution in [-0.2, 0) is 4.79 Å². The van der Waals surface area contributed by atoms with E-state index in [1.807, 2.05) is 6.08 Å². The summed E-state index contributed by atoms with van der Waals surface area (Å²) in [5.41, 5.74) is 0. The summed E-state index contributed by atoms with van der Waals surface area (Å²) in [6.45, 7) is 2.27. The van der Waals surface area contributed by atoms with Gasteiger partial charge in [-0.15, -0.1) is 0 Å². The smallest absolute Gasteiger partial charge is 0.142 e. The Morgan fingerprint density at radius 3 is 1.78 bits per heavy atom. The van der Waals surface area contributed by atoms with Crippen LogP contribution in [0, 0.1) is 0 Å². The van der Waals surface area contributed by atoms with Crippen LogP contribution in [0.4, 0.5) is 0 Å². The van der Waals surface area contributed by atoms with Crippen molar-refractivity contribution < 1.29 is 4.79 Å². The fraction of sp³-hybridized carbons (Fsp3) is 0.706. The van der Waals surface area contributed by atoms with E-state index in [0.717, 1.165) is 12.7 Å². The van der Waals surface area contributed by atoms with Gasteiger partial charge in [-0.25, -0.2) is 0 Å². The molecule has 0 aliphatic heterocycles. The van der Waals surface area contributed by atoms with Gasteiger partial charge in [0.25, 0.3) is 0 Å². The van der Waals surface area contributed by atoms with Crippen molar-refractivity contribution in [3.63, 3.8) is 0 Å². The second-order valence-corrected chi connectivity index (χ2v) is 4.92. The van der Waals surface area contributed by atoms with Gasteiger partial charge in [-0.1, -0.05) is 82.9 Å². The van der Waals surface area contributed by atoms with Crippen molar-refractivity contribution in [1.82, 2.24) is 0 Å². The molecule has 0 radical (unpaired) electrons. The number of rotatable bonds is 13. The van der Waals surface area contributed by atoms with Gasteiger partial charge in [-0.3, -0.25) is 4.79 Å². The van der Waals surface area contributed by atoms with Gasteiger partial charge in [0.15, 0.2) is 0 Å². The second-order valence-electron chi connectivity index (χ2n) is 4.92. The molecular formula is C17H30O. The topological polar surface area (TPSA) is 17.1 Å². The van der Waals surface area contributed by atoms with Gasteiger partial charge in [0.1, 0.15) is 6.29 Å². The standard InChI is InChI=1S/C17H30O/c1-2-3-4-5-6-7-8-9-10-11-12-13-14-15-16-17-18/h13-17H,2-12H2,1H3/b14-13?,16-15-. The molecule has 0 fully saturated rings.